The van der Waals surface area contributed by atoms with Gasteiger partial charge in [0.1, 0.15) is 5.75 Å². The quantitative estimate of drug-likeness (QED) is 0.680. The zero-order chi connectivity index (χ0) is 13.3. The minimum absolute atomic E-state index is 0.0343. The summed E-state index contributed by atoms with van der Waals surface area (Å²) in [5, 5.41) is 8.83. The molecule has 0 amide bonds. The molecule has 0 aliphatic rings. The summed E-state index contributed by atoms with van der Waals surface area (Å²) >= 11 is 0. The molecular formula is C15H21NO. The first-order valence-electron chi connectivity index (χ1n) is 5.88. The maximum atomic E-state index is 8.83. The second kappa shape index (κ2) is 4.41. The Bertz CT molecular complexity index is 409. The van der Waals surface area contributed by atoms with Crippen molar-refractivity contribution >= 4 is 0 Å². The standard InChI is InChI=1S/C15H21NO/c1-14(2,3)11-8-7-9-12(15(4,5)6)13(11)17-10-16/h7-9H,1-6H3. The fourth-order valence-corrected chi connectivity index (χ4v) is 1.87. The van der Waals surface area contributed by atoms with Gasteiger partial charge in [0.05, 0.1) is 0 Å². The van der Waals surface area contributed by atoms with E-state index in [0.29, 0.717) is 0 Å². The monoisotopic (exact) mass is 231 g/mol. The van der Waals surface area contributed by atoms with Crippen molar-refractivity contribution < 1.29 is 4.74 Å². The lowest BCUT2D eigenvalue weighted by atomic mass is 9.79. The Balaban J connectivity index is 3.50. The molecule has 0 bridgehead atoms. The molecule has 0 aliphatic heterocycles. The molecule has 0 spiro atoms. The van der Waals surface area contributed by atoms with E-state index in [4.69, 9.17) is 10.00 Å². The second-order valence-electron chi connectivity index (χ2n) is 6.38. The van der Waals surface area contributed by atoms with E-state index in [1.54, 1.807) is 0 Å². The topological polar surface area (TPSA) is 33.0 Å². The lowest BCUT2D eigenvalue weighted by molar-refractivity contribution is 0.448. The average Bonchev–Trinajstić information content (AvgIpc) is 2.15. The number of ether oxygens (including phenoxy) is 1. The highest BCUT2D eigenvalue weighted by atomic mass is 16.5. The third kappa shape index (κ3) is 3.00. The molecule has 1 aromatic carbocycles. The minimum Gasteiger partial charge on any atom is -0.387 e. The Morgan fingerprint density at radius 3 is 1.65 bits per heavy atom. The summed E-state index contributed by atoms with van der Waals surface area (Å²) in [6.07, 6.45) is 1.81. The van der Waals surface area contributed by atoms with Crippen molar-refractivity contribution in [2.24, 2.45) is 0 Å². The van der Waals surface area contributed by atoms with Gasteiger partial charge in [0.25, 0.3) is 6.26 Å². The van der Waals surface area contributed by atoms with E-state index in [1.807, 2.05) is 24.5 Å². The zero-order valence-corrected chi connectivity index (χ0v) is 11.6. The van der Waals surface area contributed by atoms with E-state index in [-0.39, 0.29) is 10.8 Å². The molecular weight excluding hydrogens is 210 g/mol. The second-order valence-corrected chi connectivity index (χ2v) is 6.38. The Hall–Kier alpha value is -1.49. The summed E-state index contributed by atoms with van der Waals surface area (Å²) in [5.74, 6) is 0.718. The van der Waals surface area contributed by atoms with Crippen molar-refractivity contribution in [3.8, 4) is 12.0 Å². The first kappa shape index (κ1) is 13.6. The molecule has 2 nitrogen and oxygen atoms in total. The Kier molecular flexibility index (Phi) is 3.52. The van der Waals surface area contributed by atoms with E-state index < -0.39 is 0 Å². The zero-order valence-electron chi connectivity index (χ0n) is 11.6. The van der Waals surface area contributed by atoms with Gasteiger partial charge in [-0.3, -0.25) is 0 Å². The smallest absolute Gasteiger partial charge is 0.292 e. The lowest BCUT2D eigenvalue weighted by Gasteiger charge is -2.27. The molecule has 0 fully saturated rings. The summed E-state index contributed by atoms with van der Waals surface area (Å²) in [4.78, 5) is 0. The number of hydrogen-bond donors (Lipinski definition) is 0. The van der Waals surface area contributed by atoms with E-state index in [1.165, 1.54) is 0 Å². The van der Waals surface area contributed by atoms with Gasteiger partial charge >= 0.3 is 0 Å². The highest BCUT2D eigenvalue weighted by Gasteiger charge is 2.26. The van der Waals surface area contributed by atoms with Crippen LogP contribution < -0.4 is 4.74 Å². The van der Waals surface area contributed by atoms with Crippen molar-refractivity contribution in [1.29, 1.82) is 5.26 Å². The van der Waals surface area contributed by atoms with Gasteiger partial charge in [-0.05, 0) is 10.8 Å². The number of hydrogen-bond acceptors (Lipinski definition) is 2. The van der Waals surface area contributed by atoms with Gasteiger partial charge in [-0.1, -0.05) is 59.7 Å². The van der Waals surface area contributed by atoms with Crippen LogP contribution in [0.25, 0.3) is 0 Å². The molecule has 0 heterocycles. The first-order valence-corrected chi connectivity index (χ1v) is 5.88. The molecule has 0 radical (unpaired) electrons. The highest BCUT2D eigenvalue weighted by Crippen LogP contribution is 2.39. The maximum absolute atomic E-state index is 8.83. The van der Waals surface area contributed by atoms with Crippen molar-refractivity contribution in [2.45, 2.75) is 52.4 Å². The van der Waals surface area contributed by atoms with E-state index in [9.17, 15) is 0 Å². The fraction of sp³-hybridized carbons (Fsp3) is 0.533. The molecule has 0 atom stereocenters. The molecule has 92 valence electrons. The SMILES string of the molecule is CC(C)(C)c1cccc(C(C)(C)C)c1OC#N. The lowest BCUT2D eigenvalue weighted by Crippen LogP contribution is -2.18. The summed E-state index contributed by atoms with van der Waals surface area (Å²) < 4.78 is 5.23. The van der Waals surface area contributed by atoms with Gasteiger partial charge in [-0.2, -0.15) is 0 Å². The molecule has 0 N–H and O–H groups in total. The van der Waals surface area contributed by atoms with Crippen LogP contribution in [0.4, 0.5) is 0 Å². The van der Waals surface area contributed by atoms with Crippen LogP contribution >= 0.6 is 0 Å². The van der Waals surface area contributed by atoms with Gasteiger partial charge < -0.3 is 4.74 Å². The first-order chi connectivity index (χ1) is 7.68. The van der Waals surface area contributed by atoms with Crippen LogP contribution in [0.1, 0.15) is 52.7 Å². The predicted octanol–water partition coefficient (Wildman–Crippen LogP) is 4.14. The van der Waals surface area contributed by atoms with E-state index in [0.717, 1.165) is 16.9 Å². The summed E-state index contributed by atoms with van der Waals surface area (Å²) in [6.45, 7) is 12.7. The summed E-state index contributed by atoms with van der Waals surface area (Å²) in [5.41, 5.74) is 2.08. The summed E-state index contributed by atoms with van der Waals surface area (Å²) in [6, 6.07) is 6.09. The Labute approximate surface area is 104 Å². The average molecular weight is 231 g/mol. The van der Waals surface area contributed by atoms with Gasteiger partial charge in [0.2, 0.25) is 0 Å². The molecule has 17 heavy (non-hydrogen) atoms. The predicted molar refractivity (Wildman–Crippen MR) is 70.1 cm³/mol. The van der Waals surface area contributed by atoms with Crippen LogP contribution in [0, 0.1) is 11.5 Å². The molecule has 2 heteroatoms. The van der Waals surface area contributed by atoms with Crippen LogP contribution in [0.3, 0.4) is 0 Å². The molecule has 0 unspecified atom stereocenters. The van der Waals surface area contributed by atoms with Gasteiger partial charge in [0, 0.05) is 11.1 Å². The van der Waals surface area contributed by atoms with Gasteiger partial charge in [0.15, 0.2) is 0 Å². The van der Waals surface area contributed by atoms with E-state index >= 15 is 0 Å². The third-order valence-electron chi connectivity index (χ3n) is 2.78. The number of nitriles is 1. The molecule has 1 aromatic rings. The molecule has 0 aromatic heterocycles. The van der Waals surface area contributed by atoms with Crippen LogP contribution in [-0.2, 0) is 10.8 Å². The Morgan fingerprint density at radius 2 is 1.35 bits per heavy atom. The normalized spacial score (nSPS) is 12.1. The van der Waals surface area contributed by atoms with Crippen LogP contribution in [0.2, 0.25) is 0 Å². The highest BCUT2D eigenvalue weighted by molar-refractivity contribution is 5.48. The van der Waals surface area contributed by atoms with Crippen molar-refractivity contribution in [1.82, 2.24) is 0 Å². The maximum Gasteiger partial charge on any atom is 0.292 e. The number of nitrogens with zero attached hydrogens (tertiary/aromatic N) is 1. The molecule has 1 rings (SSSR count). The molecule has 0 aliphatic carbocycles. The number of para-hydroxylation sites is 1. The third-order valence-corrected chi connectivity index (χ3v) is 2.78. The van der Waals surface area contributed by atoms with Crippen molar-refractivity contribution in [3.63, 3.8) is 0 Å². The Morgan fingerprint density at radius 1 is 0.941 bits per heavy atom. The van der Waals surface area contributed by atoms with Crippen molar-refractivity contribution in [2.75, 3.05) is 0 Å². The van der Waals surface area contributed by atoms with Crippen LogP contribution in [0.5, 0.6) is 5.75 Å². The number of rotatable bonds is 1. The van der Waals surface area contributed by atoms with Gasteiger partial charge in [-0.15, -0.1) is 5.26 Å². The summed E-state index contributed by atoms with van der Waals surface area (Å²) in [7, 11) is 0. The van der Waals surface area contributed by atoms with Crippen LogP contribution in [-0.4, -0.2) is 0 Å². The van der Waals surface area contributed by atoms with Gasteiger partial charge in [-0.25, -0.2) is 0 Å². The minimum atomic E-state index is -0.0343. The van der Waals surface area contributed by atoms with Crippen molar-refractivity contribution in [3.05, 3.63) is 29.3 Å². The fourth-order valence-electron chi connectivity index (χ4n) is 1.87. The molecule has 0 saturated heterocycles. The number of benzene rings is 1. The van der Waals surface area contributed by atoms with E-state index in [2.05, 4.69) is 41.5 Å². The van der Waals surface area contributed by atoms with Crippen LogP contribution in [0.15, 0.2) is 18.2 Å². The largest absolute Gasteiger partial charge is 0.387 e. The molecule has 0 saturated carbocycles.